The summed E-state index contributed by atoms with van der Waals surface area (Å²) in [4.78, 5) is 23.7. The van der Waals surface area contributed by atoms with Crippen molar-refractivity contribution in [3.05, 3.63) is 0 Å². The van der Waals surface area contributed by atoms with Crippen molar-refractivity contribution in [1.82, 2.24) is 15.9 Å². The highest BCUT2D eigenvalue weighted by molar-refractivity contribution is 6.23. The summed E-state index contributed by atoms with van der Waals surface area (Å²) in [5.41, 5.74) is 5.41. The summed E-state index contributed by atoms with van der Waals surface area (Å²) >= 11 is 0. The second-order valence-electron chi connectivity index (χ2n) is 12.8. The van der Waals surface area contributed by atoms with E-state index >= 15 is 0 Å². The van der Waals surface area contributed by atoms with Gasteiger partial charge in [-0.1, -0.05) is 0 Å². The Bertz CT molecular complexity index is 1100. The summed E-state index contributed by atoms with van der Waals surface area (Å²) in [6.45, 7) is 3.46. The molecule has 49 heavy (non-hydrogen) atoms. The Hall–Kier alpha value is -1.97. The van der Waals surface area contributed by atoms with Crippen LogP contribution in [0.15, 0.2) is 0 Å². The average molecular weight is 721 g/mol. The zero-order valence-electron chi connectivity index (χ0n) is 27.0. The molecular weight excluding hydrogens is 676 g/mol. The van der Waals surface area contributed by atoms with Gasteiger partial charge in [0.1, 0.15) is 66.6 Å². The minimum atomic E-state index is -5.39. The fourth-order valence-electron chi connectivity index (χ4n) is 5.52. The summed E-state index contributed by atoms with van der Waals surface area (Å²) < 4.78 is 71.5. The fraction of sp³-hybridized carbons (Fsp3) is 0.923. The molecule has 0 spiro atoms. The third-order valence-electron chi connectivity index (χ3n) is 7.96. The van der Waals surface area contributed by atoms with Crippen LogP contribution in [-0.2, 0) is 33.1 Å². The first-order chi connectivity index (χ1) is 22.7. The van der Waals surface area contributed by atoms with Crippen LogP contribution in [0.5, 0.6) is 0 Å². The molecule has 23 heteroatoms. The molecule has 2 amide bonds. The lowest BCUT2D eigenvalue weighted by Crippen LogP contribution is -2.70. The molecule has 19 nitrogen and oxygen atoms in total. The van der Waals surface area contributed by atoms with Gasteiger partial charge in [-0.2, -0.15) is 13.2 Å². The minimum absolute atomic E-state index is 0.118. The van der Waals surface area contributed by atoms with Crippen LogP contribution in [0.4, 0.5) is 18.0 Å². The molecule has 2 heterocycles. The number of carbonyl (C=O) groups is 2. The Kier molecular flexibility index (Phi) is 14.4. The molecule has 3 rings (SSSR count). The van der Waals surface area contributed by atoms with Crippen molar-refractivity contribution in [2.45, 2.75) is 131 Å². The fourth-order valence-corrected chi connectivity index (χ4v) is 5.52. The van der Waals surface area contributed by atoms with Crippen molar-refractivity contribution in [2.75, 3.05) is 20.3 Å². The number of aliphatic hydroxyl groups is 7. The van der Waals surface area contributed by atoms with Crippen molar-refractivity contribution >= 4 is 19.6 Å². The monoisotopic (exact) mass is 721 g/mol. The predicted molar refractivity (Wildman–Crippen MR) is 155 cm³/mol. The van der Waals surface area contributed by atoms with Gasteiger partial charge in [0.15, 0.2) is 12.6 Å². The van der Waals surface area contributed by atoms with E-state index in [4.69, 9.17) is 34.1 Å². The maximum absolute atomic E-state index is 13.0. The van der Waals surface area contributed by atoms with Gasteiger partial charge in [-0.05, 0) is 27.2 Å². The zero-order valence-corrected chi connectivity index (χ0v) is 27.0. The summed E-state index contributed by atoms with van der Waals surface area (Å²) in [5, 5.41) is 80.6. The van der Waals surface area contributed by atoms with Crippen molar-refractivity contribution < 1.29 is 86.8 Å². The van der Waals surface area contributed by atoms with Gasteiger partial charge in [-0.3, -0.25) is 4.79 Å². The normalized spacial score (nSPS) is 40.3. The number of hydrogen-bond donors (Lipinski definition) is 11. The van der Waals surface area contributed by atoms with Gasteiger partial charge >= 0.3 is 25.8 Å². The largest absolute Gasteiger partial charge is 0.471 e. The van der Waals surface area contributed by atoms with E-state index in [1.807, 2.05) is 0 Å². The number of nitrogens with two attached hydrogens (primary N) is 1. The highest BCUT2D eigenvalue weighted by atomic mass is 19.4. The number of carbonyl (C=O) groups excluding carboxylic acids is 2. The lowest BCUT2D eigenvalue weighted by atomic mass is 9.82. The Morgan fingerprint density at radius 3 is 2.04 bits per heavy atom. The molecule has 0 aromatic heterocycles. The number of alkyl carbamates (subject to hydrolysis) is 1. The third-order valence-corrected chi connectivity index (χ3v) is 7.96. The molecule has 0 bridgehead atoms. The molecule has 1 saturated carbocycles. The van der Waals surface area contributed by atoms with Crippen LogP contribution in [0, 0.1) is 0 Å². The van der Waals surface area contributed by atoms with Gasteiger partial charge in [0, 0.05) is 25.7 Å². The Labute approximate surface area is 279 Å². The molecule has 1 aliphatic carbocycles. The van der Waals surface area contributed by atoms with Crippen molar-refractivity contribution in [3.8, 4) is 0 Å². The first-order valence-corrected chi connectivity index (χ1v) is 15.2. The zero-order chi connectivity index (χ0) is 37.0. The molecule has 1 radical (unpaired) electrons. The van der Waals surface area contributed by atoms with Crippen LogP contribution in [0.2, 0.25) is 0 Å². The van der Waals surface area contributed by atoms with Crippen LogP contribution in [-0.4, -0.2) is 179 Å². The van der Waals surface area contributed by atoms with E-state index < -0.39 is 129 Å². The van der Waals surface area contributed by atoms with Gasteiger partial charge in [-0.25, -0.2) is 4.79 Å². The van der Waals surface area contributed by atoms with E-state index in [1.165, 1.54) is 12.4 Å². The molecule has 3 aliphatic rings. The molecule has 0 aromatic carbocycles. The Balaban J connectivity index is 1.81. The number of amides is 2. The van der Waals surface area contributed by atoms with E-state index in [1.54, 1.807) is 20.8 Å². The SMILES string of the molecule is CO[B]NC1C[C@@H](N)C(O[C@H]2OC(CO)[C@@H](O)C(NC(=O)C(F)(F)F)C2O)C(O)[C@@H]1O[C@H]1OC(CNC(=O)OC(C)(C)C)[C@@H](O)C(O)C1O. The second-order valence-corrected chi connectivity index (χ2v) is 12.8. The van der Waals surface area contributed by atoms with Crippen molar-refractivity contribution in [3.63, 3.8) is 0 Å². The maximum Gasteiger partial charge on any atom is 0.471 e. The van der Waals surface area contributed by atoms with Gasteiger partial charge in [0.2, 0.25) is 0 Å². The highest BCUT2D eigenvalue weighted by Gasteiger charge is 2.54. The predicted octanol–water partition coefficient (Wildman–Crippen LogP) is -5.19. The van der Waals surface area contributed by atoms with Crippen LogP contribution in [0.1, 0.15) is 27.2 Å². The Morgan fingerprint density at radius 2 is 1.47 bits per heavy atom. The van der Waals surface area contributed by atoms with Crippen LogP contribution < -0.4 is 21.6 Å². The molecule has 0 aromatic rings. The molecular formula is C26H45BF3N4O15. The molecule has 15 atom stereocenters. The number of nitrogens with one attached hydrogen (secondary N) is 3. The molecule has 3 fully saturated rings. The first-order valence-electron chi connectivity index (χ1n) is 15.2. The third kappa shape index (κ3) is 10.5. The van der Waals surface area contributed by atoms with E-state index in [9.17, 15) is 58.5 Å². The molecule has 2 saturated heterocycles. The van der Waals surface area contributed by atoms with E-state index in [2.05, 4.69) is 10.5 Å². The second kappa shape index (κ2) is 17.0. The van der Waals surface area contributed by atoms with Crippen LogP contribution in [0.3, 0.4) is 0 Å². The van der Waals surface area contributed by atoms with E-state index in [-0.39, 0.29) is 6.42 Å². The average Bonchev–Trinajstić information content (AvgIpc) is 3.00. The van der Waals surface area contributed by atoms with E-state index in [0.717, 1.165) is 7.62 Å². The first kappa shape index (κ1) is 41.5. The van der Waals surface area contributed by atoms with Crippen LogP contribution in [0.25, 0.3) is 0 Å². The van der Waals surface area contributed by atoms with Crippen molar-refractivity contribution in [1.29, 1.82) is 0 Å². The topological polar surface area (TPSA) is 293 Å². The number of ether oxygens (including phenoxy) is 5. The molecule has 9 unspecified atom stereocenters. The van der Waals surface area contributed by atoms with Gasteiger partial charge < -0.3 is 85.7 Å². The van der Waals surface area contributed by atoms with E-state index in [0.29, 0.717) is 0 Å². The minimum Gasteiger partial charge on any atom is -0.444 e. The summed E-state index contributed by atoms with van der Waals surface area (Å²) in [6.07, 6.45) is -27.7. The van der Waals surface area contributed by atoms with Gasteiger partial charge in [0.25, 0.3) is 0 Å². The number of aliphatic hydroxyl groups excluding tert-OH is 7. The standard InChI is InChI=1S/C26H45BF3N4O15/c1-25(2,3)49-24(43)32-6-10-14(37)16(39)17(40)22(45-10)48-20-9(34-27-44-4)5-8(31)19(18(20)41)47-21-15(38)12(13(36)11(7-35)46-21)33-23(42)26(28,29)30/h8-22,34-41H,5-7,31H2,1-4H3,(H,32,43)(H,33,42)/t8-,9?,10?,11?,12?,13-,14-,15?,16?,17?,18?,19?,20-,21-,22-/m1/s1. The molecule has 2 aliphatic heterocycles. The van der Waals surface area contributed by atoms with Crippen LogP contribution >= 0.6 is 0 Å². The quantitative estimate of drug-likeness (QED) is 0.0889. The summed E-state index contributed by atoms with van der Waals surface area (Å²) in [7, 11) is 2.41. The molecule has 283 valence electrons. The smallest absolute Gasteiger partial charge is 0.444 e. The summed E-state index contributed by atoms with van der Waals surface area (Å²) in [5.74, 6) is -2.50. The van der Waals surface area contributed by atoms with Gasteiger partial charge in [-0.15, -0.1) is 0 Å². The highest BCUT2D eigenvalue weighted by Crippen LogP contribution is 2.32. The Morgan fingerprint density at radius 1 is 0.878 bits per heavy atom. The lowest BCUT2D eigenvalue weighted by Gasteiger charge is -2.49. The van der Waals surface area contributed by atoms with Gasteiger partial charge in [0.05, 0.1) is 12.6 Å². The number of halogens is 3. The number of rotatable bonds is 11. The number of hydrogen-bond acceptors (Lipinski definition) is 17. The molecule has 12 N–H and O–H groups in total. The van der Waals surface area contributed by atoms with Crippen molar-refractivity contribution in [2.24, 2.45) is 5.73 Å². The summed E-state index contributed by atoms with van der Waals surface area (Å²) in [6, 6.07) is -4.12. The number of alkyl halides is 3. The maximum atomic E-state index is 13.0. The lowest BCUT2D eigenvalue weighted by molar-refractivity contribution is -0.333.